The molecule has 1 saturated heterocycles. The van der Waals surface area contributed by atoms with Crippen molar-refractivity contribution < 1.29 is 4.79 Å². The molecule has 4 heteroatoms. The van der Waals surface area contributed by atoms with Crippen molar-refractivity contribution in [2.75, 3.05) is 13.1 Å². The smallest absolute Gasteiger partial charge is 0.222 e. The molecule has 2 atom stereocenters. The Morgan fingerprint density at radius 2 is 2.30 bits per heavy atom. The van der Waals surface area contributed by atoms with Crippen molar-refractivity contribution >= 4 is 21.8 Å². The summed E-state index contributed by atoms with van der Waals surface area (Å²) in [6, 6.07) is 8.88. The van der Waals surface area contributed by atoms with Gasteiger partial charge in [-0.15, -0.1) is 0 Å². The minimum atomic E-state index is 0.280. The Kier molecular flexibility index (Phi) is 5.61. The highest BCUT2D eigenvalue weighted by Crippen LogP contribution is 2.18. The fourth-order valence-corrected chi connectivity index (χ4v) is 3.24. The average molecular weight is 339 g/mol. The molecule has 1 amide bonds. The van der Waals surface area contributed by atoms with Gasteiger partial charge in [0.15, 0.2) is 0 Å². The lowest BCUT2D eigenvalue weighted by molar-refractivity contribution is -0.132. The summed E-state index contributed by atoms with van der Waals surface area (Å²) in [6.07, 6.45) is 1.66. The van der Waals surface area contributed by atoms with Crippen LogP contribution < -0.4 is 5.32 Å². The highest BCUT2D eigenvalue weighted by atomic mass is 79.9. The Hall–Kier alpha value is -0.870. The number of hydrogen-bond donors (Lipinski definition) is 1. The second kappa shape index (κ2) is 7.23. The van der Waals surface area contributed by atoms with Crippen LogP contribution in [0, 0.1) is 5.92 Å². The van der Waals surface area contributed by atoms with Crippen LogP contribution in [0.1, 0.15) is 32.3 Å². The SMILES string of the molecule is CCC(=O)N1CC[C@@H](NCc2cccc(Br)c2)[C@@H](C)C1. The fourth-order valence-electron chi connectivity index (χ4n) is 2.79. The number of likely N-dealkylation sites (tertiary alicyclic amines) is 1. The normalized spacial score (nSPS) is 22.9. The molecular formula is C16H23BrN2O. The van der Waals surface area contributed by atoms with Crippen LogP contribution >= 0.6 is 15.9 Å². The summed E-state index contributed by atoms with van der Waals surface area (Å²) in [5, 5.41) is 3.63. The van der Waals surface area contributed by atoms with E-state index in [4.69, 9.17) is 0 Å². The first-order valence-corrected chi connectivity index (χ1v) is 8.15. The molecule has 0 aromatic heterocycles. The van der Waals surface area contributed by atoms with Crippen LogP contribution in [0.2, 0.25) is 0 Å². The molecule has 3 nitrogen and oxygen atoms in total. The molecule has 20 heavy (non-hydrogen) atoms. The van der Waals surface area contributed by atoms with Gasteiger partial charge in [0.05, 0.1) is 0 Å². The Morgan fingerprint density at radius 3 is 2.95 bits per heavy atom. The monoisotopic (exact) mass is 338 g/mol. The number of benzene rings is 1. The first-order valence-electron chi connectivity index (χ1n) is 7.35. The second-order valence-electron chi connectivity index (χ2n) is 5.58. The van der Waals surface area contributed by atoms with Crippen molar-refractivity contribution in [3.05, 3.63) is 34.3 Å². The molecule has 1 N–H and O–H groups in total. The molecule has 1 fully saturated rings. The lowest BCUT2D eigenvalue weighted by Gasteiger charge is -2.37. The van der Waals surface area contributed by atoms with Crippen LogP contribution in [0.4, 0.5) is 0 Å². The van der Waals surface area contributed by atoms with E-state index >= 15 is 0 Å². The van der Waals surface area contributed by atoms with E-state index in [-0.39, 0.29) is 5.91 Å². The number of nitrogens with one attached hydrogen (secondary N) is 1. The van der Waals surface area contributed by atoms with Crippen LogP contribution in [-0.4, -0.2) is 29.9 Å². The molecule has 2 rings (SSSR count). The summed E-state index contributed by atoms with van der Waals surface area (Å²) in [5.41, 5.74) is 1.29. The highest BCUT2D eigenvalue weighted by Gasteiger charge is 2.27. The van der Waals surface area contributed by atoms with Gasteiger partial charge in [0.1, 0.15) is 0 Å². The molecule has 0 saturated carbocycles. The summed E-state index contributed by atoms with van der Waals surface area (Å²) >= 11 is 3.50. The molecule has 1 heterocycles. The molecular weight excluding hydrogens is 316 g/mol. The van der Waals surface area contributed by atoms with Gasteiger partial charge in [-0.05, 0) is 30.0 Å². The topological polar surface area (TPSA) is 32.3 Å². The zero-order chi connectivity index (χ0) is 14.5. The Morgan fingerprint density at radius 1 is 1.50 bits per heavy atom. The van der Waals surface area contributed by atoms with E-state index in [0.29, 0.717) is 18.4 Å². The lowest BCUT2D eigenvalue weighted by Crippen LogP contribution is -2.49. The number of nitrogens with zero attached hydrogens (tertiary/aromatic N) is 1. The van der Waals surface area contributed by atoms with Crippen molar-refractivity contribution in [2.45, 2.75) is 39.3 Å². The third-order valence-corrected chi connectivity index (χ3v) is 4.51. The van der Waals surface area contributed by atoms with E-state index in [9.17, 15) is 4.79 Å². The first-order chi connectivity index (χ1) is 9.60. The van der Waals surface area contributed by atoms with Crippen LogP contribution in [0.25, 0.3) is 0 Å². The molecule has 0 spiro atoms. The third-order valence-electron chi connectivity index (χ3n) is 4.02. The fraction of sp³-hybridized carbons (Fsp3) is 0.562. The van der Waals surface area contributed by atoms with Crippen molar-refractivity contribution in [2.24, 2.45) is 5.92 Å². The van der Waals surface area contributed by atoms with Gasteiger partial charge in [0.25, 0.3) is 0 Å². The number of hydrogen-bond acceptors (Lipinski definition) is 2. The Balaban J connectivity index is 1.84. The first kappa shape index (κ1) is 15.5. The number of rotatable bonds is 4. The largest absolute Gasteiger partial charge is 0.342 e. The number of carbonyl (C=O) groups excluding carboxylic acids is 1. The average Bonchev–Trinajstić information content (AvgIpc) is 2.45. The highest BCUT2D eigenvalue weighted by molar-refractivity contribution is 9.10. The molecule has 1 aromatic rings. The lowest BCUT2D eigenvalue weighted by atomic mass is 9.93. The molecule has 0 bridgehead atoms. The van der Waals surface area contributed by atoms with Gasteiger partial charge in [0.2, 0.25) is 5.91 Å². The second-order valence-corrected chi connectivity index (χ2v) is 6.49. The molecule has 1 aliphatic heterocycles. The van der Waals surface area contributed by atoms with E-state index in [1.54, 1.807) is 0 Å². The van der Waals surface area contributed by atoms with Crippen LogP contribution in [0.5, 0.6) is 0 Å². The zero-order valence-electron chi connectivity index (χ0n) is 12.2. The van der Waals surface area contributed by atoms with Gasteiger partial charge >= 0.3 is 0 Å². The van der Waals surface area contributed by atoms with Gasteiger partial charge in [0, 0.05) is 36.6 Å². The number of halogens is 1. The van der Waals surface area contributed by atoms with Crippen LogP contribution in [0.3, 0.4) is 0 Å². The molecule has 110 valence electrons. The van der Waals surface area contributed by atoms with Crippen LogP contribution in [-0.2, 0) is 11.3 Å². The minimum Gasteiger partial charge on any atom is -0.342 e. The maximum atomic E-state index is 11.7. The maximum Gasteiger partial charge on any atom is 0.222 e. The quantitative estimate of drug-likeness (QED) is 0.914. The predicted octanol–water partition coefficient (Wildman–Crippen LogP) is 3.19. The zero-order valence-corrected chi connectivity index (χ0v) is 13.8. The summed E-state index contributed by atoms with van der Waals surface area (Å²) in [4.78, 5) is 13.7. The Labute approximate surface area is 129 Å². The predicted molar refractivity (Wildman–Crippen MR) is 85.4 cm³/mol. The summed E-state index contributed by atoms with van der Waals surface area (Å²) in [5.74, 6) is 0.786. The van der Waals surface area contributed by atoms with E-state index in [2.05, 4.69) is 46.4 Å². The minimum absolute atomic E-state index is 0.280. The summed E-state index contributed by atoms with van der Waals surface area (Å²) in [7, 11) is 0. The Bertz CT molecular complexity index is 464. The summed E-state index contributed by atoms with van der Waals surface area (Å²) < 4.78 is 1.12. The van der Waals surface area contributed by atoms with Gasteiger partial charge in [-0.1, -0.05) is 41.9 Å². The number of amides is 1. The third kappa shape index (κ3) is 4.06. The molecule has 0 radical (unpaired) electrons. The van der Waals surface area contributed by atoms with Gasteiger partial charge in [-0.3, -0.25) is 4.79 Å². The van der Waals surface area contributed by atoms with Crippen molar-refractivity contribution in [3.8, 4) is 0 Å². The van der Waals surface area contributed by atoms with Gasteiger partial charge < -0.3 is 10.2 Å². The van der Waals surface area contributed by atoms with Crippen molar-refractivity contribution in [1.82, 2.24) is 10.2 Å². The van der Waals surface area contributed by atoms with Crippen molar-refractivity contribution in [1.29, 1.82) is 0 Å². The molecule has 1 aliphatic rings. The van der Waals surface area contributed by atoms with Crippen LogP contribution in [0.15, 0.2) is 28.7 Å². The summed E-state index contributed by atoms with van der Waals surface area (Å²) in [6.45, 7) is 6.81. The number of piperidine rings is 1. The van der Waals surface area contributed by atoms with Gasteiger partial charge in [-0.2, -0.15) is 0 Å². The molecule has 1 aromatic carbocycles. The van der Waals surface area contributed by atoms with E-state index in [0.717, 1.165) is 30.5 Å². The van der Waals surface area contributed by atoms with E-state index in [1.807, 2.05) is 17.9 Å². The van der Waals surface area contributed by atoms with E-state index in [1.165, 1.54) is 5.56 Å². The van der Waals surface area contributed by atoms with Crippen molar-refractivity contribution in [3.63, 3.8) is 0 Å². The molecule has 0 aliphatic carbocycles. The standard InChI is InChI=1S/C16H23BrN2O/c1-3-16(20)19-8-7-15(12(2)11-19)18-10-13-5-4-6-14(17)9-13/h4-6,9,12,15,18H,3,7-8,10-11H2,1-2H3/t12-,15+/m0/s1. The maximum absolute atomic E-state index is 11.7. The molecule has 0 unspecified atom stereocenters. The van der Waals surface area contributed by atoms with E-state index < -0.39 is 0 Å². The van der Waals surface area contributed by atoms with Gasteiger partial charge in [-0.25, -0.2) is 0 Å². The number of carbonyl (C=O) groups is 1.